The van der Waals surface area contributed by atoms with Crippen molar-refractivity contribution in [3.63, 3.8) is 0 Å². The molecular weight excluding hydrogens is 288 g/mol. The van der Waals surface area contributed by atoms with Gasteiger partial charge in [0.1, 0.15) is 16.4 Å². The zero-order valence-corrected chi connectivity index (χ0v) is 12.4. The highest BCUT2D eigenvalue weighted by molar-refractivity contribution is 7.18. The molecular formula is C14H16N4O2S. The second-order valence-electron chi connectivity index (χ2n) is 4.83. The Morgan fingerprint density at radius 3 is 2.71 bits per heavy atom. The van der Waals surface area contributed by atoms with Gasteiger partial charge in [-0.1, -0.05) is 11.3 Å². The minimum Gasteiger partial charge on any atom is -0.497 e. The smallest absolute Gasteiger partial charge is 0.269 e. The molecule has 1 aliphatic rings. The van der Waals surface area contributed by atoms with Crippen molar-refractivity contribution in [3.05, 3.63) is 29.1 Å². The fourth-order valence-electron chi connectivity index (χ4n) is 1.82. The van der Waals surface area contributed by atoms with Crippen molar-refractivity contribution in [2.24, 2.45) is 0 Å². The summed E-state index contributed by atoms with van der Waals surface area (Å²) >= 11 is 1.28. The van der Waals surface area contributed by atoms with Crippen LogP contribution < -0.4 is 21.1 Å². The Kier molecular flexibility index (Phi) is 3.66. The van der Waals surface area contributed by atoms with Gasteiger partial charge in [-0.2, -0.15) is 0 Å². The van der Waals surface area contributed by atoms with E-state index in [0.717, 1.165) is 18.6 Å². The highest BCUT2D eigenvalue weighted by atomic mass is 32.1. The number of benzene rings is 1. The zero-order valence-electron chi connectivity index (χ0n) is 11.6. The van der Waals surface area contributed by atoms with E-state index in [9.17, 15) is 4.79 Å². The lowest BCUT2D eigenvalue weighted by Gasteiger charge is -2.05. The molecule has 1 aromatic carbocycles. The second kappa shape index (κ2) is 5.61. The lowest BCUT2D eigenvalue weighted by molar-refractivity contribution is 0.103. The number of methoxy groups -OCH3 is 1. The molecule has 0 aliphatic heterocycles. The summed E-state index contributed by atoms with van der Waals surface area (Å²) in [4.78, 5) is 16.8. The maximum Gasteiger partial charge on any atom is 0.269 e. The molecule has 0 bridgehead atoms. The van der Waals surface area contributed by atoms with E-state index in [2.05, 4.69) is 15.6 Å². The lowest BCUT2D eigenvalue weighted by atomic mass is 10.3. The highest BCUT2D eigenvalue weighted by Gasteiger charge is 2.24. The Hall–Kier alpha value is -2.28. The number of amides is 1. The number of aromatic nitrogens is 1. The van der Waals surface area contributed by atoms with Crippen LogP contribution in [0.25, 0.3) is 0 Å². The third-order valence-electron chi connectivity index (χ3n) is 3.11. The van der Waals surface area contributed by atoms with Gasteiger partial charge < -0.3 is 21.1 Å². The minimum absolute atomic E-state index is 0.251. The average molecular weight is 304 g/mol. The van der Waals surface area contributed by atoms with E-state index in [1.54, 1.807) is 31.4 Å². The number of rotatable bonds is 5. The molecule has 7 heteroatoms. The summed E-state index contributed by atoms with van der Waals surface area (Å²) in [5, 5.41) is 6.75. The molecule has 6 nitrogen and oxygen atoms in total. The Labute approximate surface area is 126 Å². The Balaban J connectivity index is 1.70. The normalized spacial score (nSPS) is 13.8. The number of thiazole rings is 1. The molecule has 4 N–H and O–H groups in total. The molecule has 1 heterocycles. The first-order chi connectivity index (χ1) is 10.2. The predicted octanol–water partition coefficient (Wildman–Crippen LogP) is 2.56. The van der Waals surface area contributed by atoms with E-state index in [-0.39, 0.29) is 11.7 Å². The molecule has 0 atom stereocenters. The summed E-state index contributed by atoms with van der Waals surface area (Å²) in [6, 6.07) is 7.60. The van der Waals surface area contributed by atoms with Gasteiger partial charge in [0, 0.05) is 11.7 Å². The Bertz CT molecular complexity index is 649. The first-order valence-electron chi connectivity index (χ1n) is 6.64. The van der Waals surface area contributed by atoms with Gasteiger partial charge in [0.15, 0.2) is 5.13 Å². The van der Waals surface area contributed by atoms with Gasteiger partial charge in [-0.3, -0.25) is 4.79 Å². The maximum absolute atomic E-state index is 12.2. The second-order valence-corrected chi connectivity index (χ2v) is 5.83. The quantitative estimate of drug-likeness (QED) is 0.790. The number of hydrogen-bond donors (Lipinski definition) is 3. The summed E-state index contributed by atoms with van der Waals surface area (Å²) in [7, 11) is 1.60. The summed E-state index contributed by atoms with van der Waals surface area (Å²) in [6.45, 7) is 0. The van der Waals surface area contributed by atoms with Crippen LogP contribution in [0.1, 0.15) is 22.5 Å². The first-order valence-corrected chi connectivity index (χ1v) is 7.45. The topological polar surface area (TPSA) is 89.3 Å². The molecule has 1 aromatic heterocycles. The number of carbonyl (C=O) groups is 1. The Morgan fingerprint density at radius 1 is 1.38 bits per heavy atom. The SMILES string of the molecule is COc1ccc(NC(=O)c2sc(NC3CC3)nc2N)cc1. The molecule has 0 saturated heterocycles. The fraction of sp³-hybridized carbons (Fsp3) is 0.286. The third-order valence-corrected chi connectivity index (χ3v) is 4.11. The van der Waals surface area contributed by atoms with Crippen molar-refractivity contribution in [3.8, 4) is 5.75 Å². The molecule has 1 fully saturated rings. The number of hydrogen-bond acceptors (Lipinski definition) is 6. The van der Waals surface area contributed by atoms with E-state index in [1.807, 2.05) is 0 Å². The van der Waals surface area contributed by atoms with Crippen LogP contribution in [0.5, 0.6) is 5.75 Å². The number of anilines is 3. The average Bonchev–Trinajstić information content (AvgIpc) is 3.21. The van der Waals surface area contributed by atoms with E-state index >= 15 is 0 Å². The van der Waals surface area contributed by atoms with Crippen LogP contribution in [-0.2, 0) is 0 Å². The van der Waals surface area contributed by atoms with Crippen molar-refractivity contribution in [2.75, 3.05) is 23.5 Å². The van der Waals surface area contributed by atoms with Crippen molar-refractivity contribution < 1.29 is 9.53 Å². The van der Waals surface area contributed by atoms with Gasteiger partial charge >= 0.3 is 0 Å². The van der Waals surface area contributed by atoms with E-state index < -0.39 is 0 Å². The van der Waals surface area contributed by atoms with Crippen LogP contribution in [0.2, 0.25) is 0 Å². The van der Waals surface area contributed by atoms with Crippen LogP contribution in [0.4, 0.5) is 16.6 Å². The molecule has 1 amide bonds. The van der Waals surface area contributed by atoms with Crippen LogP contribution in [0.3, 0.4) is 0 Å². The van der Waals surface area contributed by atoms with Gasteiger partial charge in [-0.25, -0.2) is 4.98 Å². The molecule has 1 aliphatic carbocycles. The summed E-state index contributed by atoms with van der Waals surface area (Å²) in [6.07, 6.45) is 2.29. The van der Waals surface area contributed by atoms with E-state index in [4.69, 9.17) is 10.5 Å². The van der Waals surface area contributed by atoms with Crippen LogP contribution in [-0.4, -0.2) is 24.0 Å². The summed E-state index contributed by atoms with van der Waals surface area (Å²) in [5.74, 6) is 0.745. The van der Waals surface area contributed by atoms with E-state index in [1.165, 1.54) is 11.3 Å². The lowest BCUT2D eigenvalue weighted by Crippen LogP contribution is -2.12. The van der Waals surface area contributed by atoms with Crippen molar-refractivity contribution in [1.29, 1.82) is 0 Å². The fourth-order valence-corrected chi connectivity index (χ4v) is 2.68. The van der Waals surface area contributed by atoms with Crippen LogP contribution in [0, 0.1) is 0 Å². The van der Waals surface area contributed by atoms with Crippen molar-refractivity contribution in [2.45, 2.75) is 18.9 Å². The molecule has 110 valence electrons. The van der Waals surface area contributed by atoms with E-state index in [0.29, 0.717) is 21.7 Å². The van der Waals surface area contributed by atoms with Crippen molar-refractivity contribution >= 4 is 33.9 Å². The summed E-state index contributed by atoms with van der Waals surface area (Å²) < 4.78 is 5.08. The number of ether oxygens (including phenoxy) is 1. The molecule has 1 saturated carbocycles. The van der Waals surface area contributed by atoms with Gasteiger partial charge in [0.2, 0.25) is 0 Å². The predicted molar refractivity (Wildman–Crippen MR) is 84.1 cm³/mol. The molecule has 0 spiro atoms. The number of nitrogens with two attached hydrogens (primary N) is 1. The van der Waals surface area contributed by atoms with Crippen LogP contribution >= 0.6 is 11.3 Å². The number of nitrogens with zero attached hydrogens (tertiary/aromatic N) is 1. The monoisotopic (exact) mass is 304 g/mol. The zero-order chi connectivity index (χ0) is 14.8. The number of nitrogens with one attached hydrogen (secondary N) is 2. The van der Waals surface area contributed by atoms with Crippen molar-refractivity contribution in [1.82, 2.24) is 4.98 Å². The van der Waals surface area contributed by atoms with Crippen LogP contribution in [0.15, 0.2) is 24.3 Å². The largest absolute Gasteiger partial charge is 0.497 e. The minimum atomic E-state index is -0.251. The van der Waals surface area contributed by atoms with Gasteiger partial charge in [0.05, 0.1) is 7.11 Å². The molecule has 2 aromatic rings. The number of nitrogen functional groups attached to an aromatic ring is 1. The third kappa shape index (κ3) is 3.25. The highest BCUT2D eigenvalue weighted by Crippen LogP contribution is 2.31. The molecule has 3 rings (SSSR count). The molecule has 0 unspecified atom stereocenters. The molecule has 21 heavy (non-hydrogen) atoms. The summed E-state index contributed by atoms with van der Waals surface area (Å²) in [5.41, 5.74) is 6.50. The number of carbonyl (C=O) groups excluding carboxylic acids is 1. The first kappa shape index (κ1) is 13.7. The standard InChI is InChI=1S/C14H16N4O2S/c1-20-10-6-4-8(5-7-10)16-13(19)11-12(15)18-14(21-11)17-9-2-3-9/h4-7,9H,2-3,15H2,1H3,(H,16,19)(H,17,18). The van der Waals surface area contributed by atoms with Gasteiger partial charge in [-0.15, -0.1) is 0 Å². The van der Waals surface area contributed by atoms with Gasteiger partial charge in [-0.05, 0) is 37.1 Å². The maximum atomic E-state index is 12.2. The Morgan fingerprint density at radius 2 is 2.10 bits per heavy atom. The van der Waals surface area contributed by atoms with Gasteiger partial charge in [0.25, 0.3) is 5.91 Å². The molecule has 0 radical (unpaired) electrons.